The minimum atomic E-state index is -0.110. The number of piperidine rings is 1. The van der Waals surface area contributed by atoms with Crippen LogP contribution in [-0.4, -0.2) is 42.5 Å². The van der Waals surface area contributed by atoms with Gasteiger partial charge in [0, 0.05) is 19.1 Å². The number of esters is 1. The van der Waals surface area contributed by atoms with Gasteiger partial charge >= 0.3 is 5.97 Å². The Hall–Kier alpha value is -0.810. The number of fused-ring (bicyclic) bond motifs is 2. The minimum absolute atomic E-state index is 0. The van der Waals surface area contributed by atoms with Gasteiger partial charge in [0.15, 0.2) is 0 Å². The lowest BCUT2D eigenvalue weighted by atomic mass is 9.83. The highest BCUT2D eigenvalue weighted by atomic mass is 35.5. The zero-order chi connectivity index (χ0) is 15.0. The summed E-state index contributed by atoms with van der Waals surface area (Å²) in [7, 11) is 0. The first-order valence-electron chi connectivity index (χ1n) is 8.32. The van der Waals surface area contributed by atoms with Gasteiger partial charge in [-0.1, -0.05) is 0 Å². The molecule has 6 heteroatoms. The molecule has 0 spiro atoms. The van der Waals surface area contributed by atoms with Gasteiger partial charge in [0.1, 0.15) is 0 Å². The van der Waals surface area contributed by atoms with Crippen LogP contribution < -0.4 is 5.73 Å². The highest BCUT2D eigenvalue weighted by molar-refractivity contribution is 5.85. The Balaban J connectivity index is 0.00000176. The van der Waals surface area contributed by atoms with Gasteiger partial charge in [-0.2, -0.15) is 0 Å². The number of amides is 1. The Morgan fingerprint density at radius 1 is 1.14 bits per heavy atom. The van der Waals surface area contributed by atoms with Gasteiger partial charge in [0.2, 0.25) is 5.91 Å². The Kier molecular flexibility index (Phi) is 5.72. The number of carbonyl (C=O) groups is 2. The van der Waals surface area contributed by atoms with Crippen molar-refractivity contribution in [2.24, 2.45) is 29.4 Å². The summed E-state index contributed by atoms with van der Waals surface area (Å²) < 4.78 is 5.07. The van der Waals surface area contributed by atoms with E-state index >= 15 is 0 Å². The number of nitrogens with two attached hydrogens (primary N) is 1. The molecule has 0 aromatic heterocycles. The van der Waals surface area contributed by atoms with Crippen LogP contribution in [0.2, 0.25) is 0 Å². The van der Waals surface area contributed by atoms with Crippen LogP contribution in [0.1, 0.15) is 39.0 Å². The highest BCUT2D eigenvalue weighted by Crippen LogP contribution is 2.48. The Morgan fingerprint density at radius 2 is 1.77 bits per heavy atom. The number of nitrogens with zero attached hydrogens (tertiary/aromatic N) is 1. The molecule has 1 saturated heterocycles. The molecule has 4 unspecified atom stereocenters. The summed E-state index contributed by atoms with van der Waals surface area (Å²) in [5.74, 6) is 1.17. The fraction of sp³-hybridized carbons (Fsp3) is 0.875. The average Bonchev–Trinajstić information content (AvgIpc) is 3.08. The van der Waals surface area contributed by atoms with Crippen molar-refractivity contribution in [2.75, 3.05) is 19.7 Å². The smallest absolute Gasteiger partial charge is 0.309 e. The third-order valence-corrected chi connectivity index (χ3v) is 5.69. The van der Waals surface area contributed by atoms with Crippen LogP contribution in [0.5, 0.6) is 0 Å². The predicted molar refractivity (Wildman–Crippen MR) is 85.5 cm³/mol. The number of hydrogen-bond donors (Lipinski definition) is 1. The molecule has 0 radical (unpaired) electrons. The summed E-state index contributed by atoms with van der Waals surface area (Å²) in [6.45, 7) is 3.59. The van der Waals surface area contributed by atoms with E-state index in [1.54, 1.807) is 0 Å². The van der Waals surface area contributed by atoms with Crippen molar-refractivity contribution in [1.29, 1.82) is 0 Å². The second kappa shape index (κ2) is 7.18. The number of halogens is 1. The van der Waals surface area contributed by atoms with Gasteiger partial charge in [0.25, 0.3) is 0 Å². The van der Waals surface area contributed by atoms with E-state index in [-0.39, 0.29) is 42.2 Å². The maximum absolute atomic E-state index is 12.7. The summed E-state index contributed by atoms with van der Waals surface area (Å²) in [5, 5.41) is 0. The molecule has 1 heterocycles. The standard InChI is InChI=1S/C16H26N2O3.ClH/c1-2-21-16(20)10-5-7-18(8-6-10)15(19)13-11-3-4-12(9-11)14(13)17;/h10-14H,2-9,17H2,1H3;1H. The molecular weight excluding hydrogens is 304 g/mol. The normalized spacial score (nSPS) is 34.4. The van der Waals surface area contributed by atoms with Crippen LogP contribution in [0.25, 0.3) is 0 Å². The van der Waals surface area contributed by atoms with Crippen molar-refractivity contribution in [3.63, 3.8) is 0 Å². The number of ether oxygens (including phenoxy) is 1. The van der Waals surface area contributed by atoms with Crippen molar-refractivity contribution in [1.82, 2.24) is 4.90 Å². The van der Waals surface area contributed by atoms with Gasteiger partial charge < -0.3 is 15.4 Å². The Labute approximate surface area is 138 Å². The first-order valence-corrected chi connectivity index (χ1v) is 8.32. The van der Waals surface area contributed by atoms with Crippen LogP contribution in [-0.2, 0) is 14.3 Å². The summed E-state index contributed by atoms with van der Waals surface area (Å²) in [5.41, 5.74) is 6.27. The molecule has 2 saturated carbocycles. The molecule has 1 amide bonds. The molecule has 3 rings (SSSR count). The van der Waals surface area contributed by atoms with Gasteiger partial charge in [-0.25, -0.2) is 0 Å². The zero-order valence-electron chi connectivity index (χ0n) is 13.2. The molecule has 0 aromatic carbocycles. The molecule has 4 atom stereocenters. The summed E-state index contributed by atoms with van der Waals surface area (Å²) in [6.07, 6.45) is 4.94. The Morgan fingerprint density at radius 3 is 2.32 bits per heavy atom. The third kappa shape index (κ3) is 3.11. The van der Waals surface area contributed by atoms with Crippen LogP contribution in [0.4, 0.5) is 0 Å². The lowest BCUT2D eigenvalue weighted by Crippen LogP contribution is -2.49. The summed E-state index contributed by atoms with van der Waals surface area (Å²) in [4.78, 5) is 26.4. The van der Waals surface area contributed by atoms with E-state index in [9.17, 15) is 9.59 Å². The van der Waals surface area contributed by atoms with E-state index in [1.807, 2.05) is 11.8 Å². The van der Waals surface area contributed by atoms with E-state index in [0.29, 0.717) is 31.5 Å². The number of hydrogen-bond acceptors (Lipinski definition) is 4. The topological polar surface area (TPSA) is 72.6 Å². The molecule has 0 aromatic rings. The number of likely N-dealkylation sites (tertiary alicyclic amines) is 1. The molecule has 2 N–H and O–H groups in total. The molecule has 22 heavy (non-hydrogen) atoms. The van der Waals surface area contributed by atoms with Crippen molar-refractivity contribution in [3.8, 4) is 0 Å². The molecule has 2 aliphatic carbocycles. The van der Waals surface area contributed by atoms with Crippen molar-refractivity contribution in [3.05, 3.63) is 0 Å². The molecule has 5 nitrogen and oxygen atoms in total. The Bertz CT molecular complexity index is 422. The van der Waals surface area contributed by atoms with Crippen LogP contribution >= 0.6 is 12.4 Å². The average molecular weight is 331 g/mol. The predicted octanol–water partition coefficient (Wildman–Crippen LogP) is 1.58. The first kappa shape index (κ1) is 17.5. The third-order valence-electron chi connectivity index (χ3n) is 5.69. The maximum atomic E-state index is 12.7. The van der Waals surface area contributed by atoms with Gasteiger partial charge in [0.05, 0.1) is 18.4 Å². The van der Waals surface area contributed by atoms with E-state index in [1.165, 1.54) is 6.42 Å². The second-order valence-electron chi connectivity index (χ2n) is 6.79. The van der Waals surface area contributed by atoms with E-state index in [0.717, 1.165) is 25.7 Å². The van der Waals surface area contributed by atoms with Crippen LogP contribution in [0.3, 0.4) is 0 Å². The molecule has 3 aliphatic rings. The lowest BCUT2D eigenvalue weighted by Gasteiger charge is -2.36. The van der Waals surface area contributed by atoms with Gasteiger partial charge in [-0.3, -0.25) is 9.59 Å². The molecule has 3 fully saturated rings. The van der Waals surface area contributed by atoms with Gasteiger partial charge in [-0.15, -0.1) is 12.4 Å². The van der Waals surface area contributed by atoms with Crippen molar-refractivity contribution in [2.45, 2.75) is 45.1 Å². The number of carbonyl (C=O) groups excluding carboxylic acids is 2. The molecule has 2 bridgehead atoms. The molecule has 1 aliphatic heterocycles. The fourth-order valence-electron chi connectivity index (χ4n) is 4.51. The first-order chi connectivity index (χ1) is 10.1. The quantitative estimate of drug-likeness (QED) is 0.797. The van der Waals surface area contributed by atoms with E-state index in [2.05, 4.69) is 0 Å². The van der Waals surface area contributed by atoms with Crippen molar-refractivity contribution >= 4 is 24.3 Å². The molecule has 126 valence electrons. The van der Waals surface area contributed by atoms with Crippen LogP contribution in [0, 0.1) is 23.7 Å². The summed E-state index contributed by atoms with van der Waals surface area (Å²) in [6, 6.07) is 0.0547. The SMILES string of the molecule is CCOC(=O)C1CCN(C(=O)C2C3CCC(C3)C2N)CC1.Cl. The second-order valence-corrected chi connectivity index (χ2v) is 6.79. The lowest BCUT2D eigenvalue weighted by molar-refractivity contribution is -0.152. The summed E-state index contributed by atoms with van der Waals surface area (Å²) >= 11 is 0. The monoisotopic (exact) mass is 330 g/mol. The van der Waals surface area contributed by atoms with E-state index < -0.39 is 0 Å². The largest absolute Gasteiger partial charge is 0.466 e. The fourth-order valence-corrected chi connectivity index (χ4v) is 4.51. The maximum Gasteiger partial charge on any atom is 0.309 e. The highest BCUT2D eigenvalue weighted by Gasteiger charge is 2.50. The van der Waals surface area contributed by atoms with E-state index in [4.69, 9.17) is 10.5 Å². The van der Waals surface area contributed by atoms with Crippen LogP contribution in [0.15, 0.2) is 0 Å². The van der Waals surface area contributed by atoms with Gasteiger partial charge in [-0.05, 0) is 50.9 Å². The minimum Gasteiger partial charge on any atom is -0.466 e. The molecular formula is C16H27ClN2O3. The zero-order valence-corrected chi connectivity index (χ0v) is 14.0. The number of rotatable bonds is 3. The van der Waals surface area contributed by atoms with Crippen molar-refractivity contribution < 1.29 is 14.3 Å².